The van der Waals surface area contributed by atoms with Crippen LogP contribution >= 0.6 is 0 Å². The maximum Gasteiger partial charge on any atom is 0.157 e. The molecule has 1 saturated heterocycles. The van der Waals surface area contributed by atoms with E-state index >= 15 is 0 Å². The molecule has 1 N–H and O–H groups in total. The molecule has 184 valence electrons. The fourth-order valence-corrected chi connectivity index (χ4v) is 4.62. The number of ether oxygens (including phenoxy) is 2. The Morgan fingerprint density at radius 1 is 0.972 bits per heavy atom. The van der Waals surface area contributed by atoms with Gasteiger partial charge >= 0.3 is 0 Å². The van der Waals surface area contributed by atoms with Gasteiger partial charge in [0.2, 0.25) is 0 Å². The van der Waals surface area contributed by atoms with E-state index in [1.54, 1.807) is 20.4 Å². The molecule has 1 aliphatic heterocycles. The Morgan fingerprint density at radius 2 is 1.67 bits per heavy atom. The number of nitriles is 1. The van der Waals surface area contributed by atoms with E-state index in [0.29, 0.717) is 23.1 Å². The minimum Gasteiger partial charge on any atom is -0.497 e. The minimum absolute atomic E-state index is 0.523. The van der Waals surface area contributed by atoms with Crippen molar-refractivity contribution in [2.24, 2.45) is 0 Å². The van der Waals surface area contributed by atoms with Gasteiger partial charge in [0.05, 0.1) is 31.8 Å². The summed E-state index contributed by atoms with van der Waals surface area (Å²) in [6, 6.07) is 16.6. The summed E-state index contributed by atoms with van der Waals surface area (Å²) in [7, 11) is 5.44. The second kappa shape index (κ2) is 10.3. The first-order chi connectivity index (χ1) is 17.6. The van der Waals surface area contributed by atoms with Gasteiger partial charge in [-0.1, -0.05) is 12.1 Å². The zero-order chi connectivity index (χ0) is 25.1. The standard InChI is InChI=1S/C28H30N6O2/c1-33-10-12-34(13-11-33)22-8-5-20(6-9-22)26-25(17-29)27-28(32-26)30-18-21(31-27)7-4-19-14-23(35-2)16-24(15-19)36-3/h5-6,8-9,14-16,18H,4,7,10-13H2,1-3H3,(H,30,32). The smallest absolute Gasteiger partial charge is 0.157 e. The Hall–Kier alpha value is -4.09. The number of rotatable bonds is 7. The molecule has 1 fully saturated rings. The first kappa shape index (κ1) is 23.6. The molecule has 8 nitrogen and oxygen atoms in total. The lowest BCUT2D eigenvalue weighted by atomic mass is 10.1. The Morgan fingerprint density at radius 3 is 2.31 bits per heavy atom. The van der Waals surface area contributed by atoms with Crippen LogP contribution in [0.4, 0.5) is 5.69 Å². The van der Waals surface area contributed by atoms with Crippen LogP contribution in [0.2, 0.25) is 0 Å². The molecule has 2 aromatic carbocycles. The highest BCUT2D eigenvalue weighted by Gasteiger charge is 2.18. The average Bonchev–Trinajstić information content (AvgIpc) is 3.30. The van der Waals surface area contributed by atoms with Crippen molar-refractivity contribution in [1.29, 1.82) is 5.26 Å². The van der Waals surface area contributed by atoms with E-state index in [2.05, 4.69) is 57.2 Å². The van der Waals surface area contributed by atoms with Gasteiger partial charge in [0.1, 0.15) is 28.6 Å². The highest BCUT2D eigenvalue weighted by molar-refractivity contribution is 5.88. The monoisotopic (exact) mass is 482 g/mol. The molecule has 0 amide bonds. The van der Waals surface area contributed by atoms with Crippen LogP contribution in [0.5, 0.6) is 11.5 Å². The highest BCUT2D eigenvalue weighted by Crippen LogP contribution is 2.30. The summed E-state index contributed by atoms with van der Waals surface area (Å²) in [4.78, 5) is 17.4. The van der Waals surface area contributed by atoms with Gasteiger partial charge in [-0.05, 0) is 55.3 Å². The molecule has 3 heterocycles. The van der Waals surface area contributed by atoms with Crippen molar-refractivity contribution in [2.75, 3.05) is 52.3 Å². The van der Waals surface area contributed by atoms with Gasteiger partial charge in [0.25, 0.3) is 0 Å². The van der Waals surface area contributed by atoms with Crippen molar-refractivity contribution < 1.29 is 9.47 Å². The molecule has 5 rings (SSSR count). The lowest BCUT2D eigenvalue weighted by Crippen LogP contribution is -2.44. The predicted molar refractivity (Wildman–Crippen MR) is 141 cm³/mol. The third-order valence-electron chi connectivity index (χ3n) is 6.77. The maximum atomic E-state index is 9.99. The van der Waals surface area contributed by atoms with Crippen LogP contribution in [0, 0.1) is 11.3 Å². The lowest BCUT2D eigenvalue weighted by Gasteiger charge is -2.34. The van der Waals surface area contributed by atoms with Gasteiger partial charge in [-0.15, -0.1) is 0 Å². The number of aryl methyl sites for hydroxylation is 2. The van der Waals surface area contributed by atoms with Crippen molar-refractivity contribution in [2.45, 2.75) is 12.8 Å². The highest BCUT2D eigenvalue weighted by atomic mass is 16.5. The molecule has 0 unspecified atom stereocenters. The number of hydrogen-bond donors (Lipinski definition) is 1. The topological polar surface area (TPSA) is 90.3 Å². The minimum atomic E-state index is 0.523. The molecule has 0 aliphatic carbocycles. The molecule has 4 aromatic rings. The van der Waals surface area contributed by atoms with E-state index in [4.69, 9.17) is 14.5 Å². The van der Waals surface area contributed by atoms with E-state index in [9.17, 15) is 5.26 Å². The van der Waals surface area contributed by atoms with Gasteiger partial charge in [-0.3, -0.25) is 0 Å². The summed E-state index contributed by atoms with van der Waals surface area (Å²) in [5, 5.41) is 9.99. The van der Waals surface area contributed by atoms with Crippen LogP contribution in [0.25, 0.3) is 22.4 Å². The number of anilines is 1. The van der Waals surface area contributed by atoms with Crippen LogP contribution < -0.4 is 14.4 Å². The van der Waals surface area contributed by atoms with E-state index in [1.165, 1.54) is 5.69 Å². The third-order valence-corrected chi connectivity index (χ3v) is 6.77. The van der Waals surface area contributed by atoms with Crippen LogP contribution in [0.15, 0.2) is 48.7 Å². The zero-order valence-corrected chi connectivity index (χ0v) is 20.9. The SMILES string of the molecule is COc1cc(CCc2cnc3[nH]c(-c4ccc(N5CCN(C)CC5)cc4)c(C#N)c3n2)cc(OC)c1. The molecule has 0 atom stereocenters. The molecule has 0 saturated carbocycles. The quantitative estimate of drug-likeness (QED) is 0.425. The molecule has 8 heteroatoms. The average molecular weight is 483 g/mol. The number of methoxy groups -OCH3 is 2. The van der Waals surface area contributed by atoms with E-state index in [-0.39, 0.29) is 0 Å². The molecule has 0 bridgehead atoms. The molecular formula is C28H30N6O2. The van der Waals surface area contributed by atoms with Crippen LogP contribution in [0.3, 0.4) is 0 Å². The second-order valence-electron chi connectivity index (χ2n) is 9.10. The first-order valence-electron chi connectivity index (χ1n) is 12.1. The Kier molecular flexibility index (Phi) is 6.74. The van der Waals surface area contributed by atoms with E-state index in [1.807, 2.05) is 18.2 Å². The molecule has 1 aliphatic rings. The molecule has 36 heavy (non-hydrogen) atoms. The Labute approximate surface area is 211 Å². The first-order valence-corrected chi connectivity index (χ1v) is 12.1. The Bertz CT molecular complexity index is 1380. The predicted octanol–water partition coefficient (Wildman–Crippen LogP) is 4.05. The van der Waals surface area contributed by atoms with Gasteiger partial charge in [-0.2, -0.15) is 5.26 Å². The lowest BCUT2D eigenvalue weighted by molar-refractivity contribution is 0.313. The second-order valence-corrected chi connectivity index (χ2v) is 9.10. The van der Waals surface area contributed by atoms with Gasteiger partial charge in [-0.25, -0.2) is 9.97 Å². The van der Waals surface area contributed by atoms with Gasteiger partial charge < -0.3 is 24.3 Å². The van der Waals surface area contributed by atoms with E-state index in [0.717, 1.165) is 66.6 Å². The number of fused-ring (bicyclic) bond motifs is 1. The summed E-state index contributed by atoms with van der Waals surface area (Å²) in [6.45, 7) is 4.16. The Balaban J connectivity index is 1.37. The molecular weight excluding hydrogens is 452 g/mol. The number of nitrogens with zero attached hydrogens (tertiary/aromatic N) is 5. The van der Waals surface area contributed by atoms with E-state index < -0.39 is 0 Å². The van der Waals surface area contributed by atoms with Crippen LogP contribution in [-0.4, -0.2) is 67.3 Å². The molecule has 0 radical (unpaired) electrons. The number of aromatic amines is 1. The summed E-state index contributed by atoms with van der Waals surface area (Å²) >= 11 is 0. The zero-order valence-electron chi connectivity index (χ0n) is 20.9. The molecule has 0 spiro atoms. The van der Waals surface area contributed by atoms with Crippen molar-refractivity contribution in [3.05, 3.63) is 65.5 Å². The fraction of sp³-hybridized carbons (Fsp3) is 0.321. The van der Waals surface area contributed by atoms with Crippen molar-refractivity contribution in [1.82, 2.24) is 19.9 Å². The third kappa shape index (κ3) is 4.83. The number of piperazine rings is 1. The summed E-state index contributed by atoms with van der Waals surface area (Å²) in [5.74, 6) is 1.51. The van der Waals surface area contributed by atoms with Crippen molar-refractivity contribution >= 4 is 16.9 Å². The van der Waals surface area contributed by atoms with Gasteiger partial charge in [0.15, 0.2) is 5.65 Å². The number of hydrogen-bond acceptors (Lipinski definition) is 7. The number of likely N-dealkylation sites (N-methyl/N-ethyl adjacent to an activating group) is 1. The normalized spacial score (nSPS) is 14.1. The van der Waals surface area contributed by atoms with Crippen LogP contribution in [0.1, 0.15) is 16.8 Å². The van der Waals surface area contributed by atoms with Crippen LogP contribution in [-0.2, 0) is 12.8 Å². The maximum absolute atomic E-state index is 9.99. The number of H-pyrrole nitrogens is 1. The number of benzene rings is 2. The fourth-order valence-electron chi connectivity index (χ4n) is 4.62. The summed E-state index contributed by atoms with van der Waals surface area (Å²) < 4.78 is 10.8. The van der Waals surface area contributed by atoms with Gasteiger partial charge in [0, 0.05) is 37.9 Å². The number of aromatic nitrogens is 3. The molecule has 2 aromatic heterocycles. The summed E-state index contributed by atoms with van der Waals surface area (Å²) in [5.41, 5.74) is 6.58. The van der Waals surface area contributed by atoms with Crippen molar-refractivity contribution in [3.8, 4) is 28.8 Å². The number of nitrogens with one attached hydrogen (secondary N) is 1. The largest absolute Gasteiger partial charge is 0.497 e. The van der Waals surface area contributed by atoms with Crippen molar-refractivity contribution in [3.63, 3.8) is 0 Å². The summed E-state index contributed by atoms with van der Waals surface area (Å²) in [6.07, 6.45) is 3.21.